The minimum atomic E-state index is -0.777. The molecule has 0 aliphatic carbocycles. The fourth-order valence-corrected chi connectivity index (χ4v) is 10.2. The van der Waals surface area contributed by atoms with Crippen LogP contribution in [-0.4, -0.2) is 37.2 Å². The monoisotopic (exact) mass is 1120 g/mol. The molecule has 0 fully saturated rings. The van der Waals surface area contributed by atoms with Crippen LogP contribution in [-0.2, 0) is 28.6 Å². The van der Waals surface area contributed by atoms with E-state index in [1.165, 1.54) is 225 Å². The summed E-state index contributed by atoms with van der Waals surface area (Å²) in [5.74, 6) is -0.868. The number of hydrogen-bond acceptors (Lipinski definition) is 6. The SMILES string of the molecule is CC/C=C\C/C=C\C/C=C\C/C=C\CCCCCCCCCCCCCCCCCCCCCCC(=O)OCC(COC(=O)CCCCCCC/C=C\CCC)OC(=O)CCCCCCCCCCC/C=C\CCCCCCCC. The maximum Gasteiger partial charge on any atom is 0.306 e. The highest BCUT2D eigenvalue weighted by Crippen LogP contribution is 2.18. The van der Waals surface area contributed by atoms with Crippen molar-refractivity contribution in [1.29, 1.82) is 0 Å². The van der Waals surface area contributed by atoms with E-state index in [1.54, 1.807) is 0 Å². The molecule has 0 N–H and O–H groups in total. The van der Waals surface area contributed by atoms with Gasteiger partial charge in [0.2, 0.25) is 0 Å². The van der Waals surface area contributed by atoms with Gasteiger partial charge in [0.15, 0.2) is 6.10 Å². The molecule has 1 unspecified atom stereocenters. The van der Waals surface area contributed by atoms with Crippen LogP contribution in [0, 0.1) is 0 Å². The van der Waals surface area contributed by atoms with Crippen molar-refractivity contribution in [2.75, 3.05) is 13.2 Å². The first kappa shape index (κ1) is 76.9. The summed E-state index contributed by atoms with van der Waals surface area (Å²) in [4.78, 5) is 38.3. The first-order valence-corrected chi connectivity index (χ1v) is 34.9. The van der Waals surface area contributed by atoms with Gasteiger partial charge in [0.05, 0.1) is 0 Å². The van der Waals surface area contributed by atoms with Crippen LogP contribution in [0.1, 0.15) is 361 Å². The van der Waals surface area contributed by atoms with E-state index in [4.69, 9.17) is 14.2 Å². The molecular weight excluding hydrogens is 985 g/mol. The fraction of sp³-hybridized carbons (Fsp3) is 0.797. The molecule has 0 aliphatic heterocycles. The largest absolute Gasteiger partial charge is 0.462 e. The molecule has 0 spiro atoms. The quantitative estimate of drug-likeness (QED) is 0.0261. The molecule has 0 saturated heterocycles. The van der Waals surface area contributed by atoms with Crippen molar-refractivity contribution in [1.82, 2.24) is 0 Å². The lowest BCUT2D eigenvalue weighted by atomic mass is 10.0. The number of carbonyl (C=O) groups excluding carboxylic acids is 3. The standard InChI is InChI=1S/C74H132O6/c1-4-7-10-13-16-19-22-24-26-28-30-31-32-33-34-35-36-37-38-39-40-41-42-43-45-46-48-50-52-55-58-61-64-67-73(76)79-70-71(69-78-72(75)66-63-60-57-54-21-18-15-12-9-6-3)80-74(77)68-65-62-59-56-53-51-49-47-44-29-27-25-23-20-17-14-11-8-5-2/h7,10,12,15-16,19,24-27,30-31,71H,4-6,8-9,11,13-14,17-18,20-23,28-29,32-70H2,1-3H3/b10-7-,15-12-,19-16-,26-24-,27-25-,31-30-. The van der Waals surface area contributed by atoms with Gasteiger partial charge >= 0.3 is 17.9 Å². The van der Waals surface area contributed by atoms with Crippen molar-refractivity contribution in [3.63, 3.8) is 0 Å². The van der Waals surface area contributed by atoms with E-state index in [-0.39, 0.29) is 31.1 Å². The summed E-state index contributed by atoms with van der Waals surface area (Å²) >= 11 is 0. The highest BCUT2D eigenvalue weighted by atomic mass is 16.6. The van der Waals surface area contributed by atoms with Gasteiger partial charge in [-0.2, -0.15) is 0 Å². The number of hydrogen-bond donors (Lipinski definition) is 0. The van der Waals surface area contributed by atoms with Crippen molar-refractivity contribution in [2.24, 2.45) is 0 Å². The molecule has 0 bridgehead atoms. The molecule has 0 aromatic rings. The highest BCUT2D eigenvalue weighted by molar-refractivity contribution is 5.71. The molecule has 0 saturated carbocycles. The van der Waals surface area contributed by atoms with Crippen LogP contribution in [0.3, 0.4) is 0 Å². The summed E-state index contributed by atoms with van der Waals surface area (Å²) in [6.07, 6.45) is 89.5. The second kappa shape index (κ2) is 68.3. The molecule has 1 atom stereocenters. The minimum Gasteiger partial charge on any atom is -0.462 e. The Morgan fingerprint density at radius 2 is 0.512 bits per heavy atom. The molecule has 0 radical (unpaired) electrons. The van der Waals surface area contributed by atoms with E-state index in [0.29, 0.717) is 19.3 Å². The average Bonchev–Trinajstić information content (AvgIpc) is 3.46. The van der Waals surface area contributed by atoms with E-state index in [1.807, 2.05) is 0 Å². The number of rotatable bonds is 64. The van der Waals surface area contributed by atoms with Crippen molar-refractivity contribution in [3.05, 3.63) is 72.9 Å². The van der Waals surface area contributed by atoms with Crippen molar-refractivity contribution >= 4 is 17.9 Å². The molecule has 6 nitrogen and oxygen atoms in total. The summed E-state index contributed by atoms with van der Waals surface area (Å²) in [7, 11) is 0. The van der Waals surface area contributed by atoms with Crippen LogP contribution in [0.15, 0.2) is 72.9 Å². The Kier molecular flexibility index (Phi) is 65.7. The molecule has 0 aromatic carbocycles. The number of allylic oxidation sites excluding steroid dienone is 12. The summed E-state index contributed by atoms with van der Waals surface area (Å²) in [5, 5.41) is 0. The van der Waals surface area contributed by atoms with Crippen molar-refractivity contribution in [2.45, 2.75) is 367 Å². The third kappa shape index (κ3) is 65.7. The van der Waals surface area contributed by atoms with Crippen LogP contribution in [0.4, 0.5) is 0 Å². The van der Waals surface area contributed by atoms with E-state index < -0.39 is 6.10 Å². The summed E-state index contributed by atoms with van der Waals surface area (Å²) in [5.41, 5.74) is 0. The van der Waals surface area contributed by atoms with Crippen molar-refractivity contribution < 1.29 is 28.6 Å². The lowest BCUT2D eigenvalue weighted by molar-refractivity contribution is -0.167. The normalized spacial score (nSPS) is 12.5. The van der Waals surface area contributed by atoms with Gasteiger partial charge in [-0.25, -0.2) is 0 Å². The van der Waals surface area contributed by atoms with Crippen molar-refractivity contribution in [3.8, 4) is 0 Å². The van der Waals surface area contributed by atoms with Gasteiger partial charge in [0.25, 0.3) is 0 Å². The van der Waals surface area contributed by atoms with Crippen LogP contribution < -0.4 is 0 Å². The maximum absolute atomic E-state index is 12.9. The lowest BCUT2D eigenvalue weighted by Gasteiger charge is -2.18. The predicted octanol–water partition coefficient (Wildman–Crippen LogP) is 24.1. The molecule has 0 rings (SSSR count). The van der Waals surface area contributed by atoms with Gasteiger partial charge in [-0.15, -0.1) is 0 Å². The lowest BCUT2D eigenvalue weighted by Crippen LogP contribution is -2.30. The summed E-state index contributed by atoms with van der Waals surface area (Å²) in [6, 6.07) is 0. The van der Waals surface area contributed by atoms with Crippen LogP contribution >= 0.6 is 0 Å². The number of carbonyl (C=O) groups is 3. The molecule has 0 aromatic heterocycles. The second-order valence-electron chi connectivity index (χ2n) is 23.4. The van der Waals surface area contributed by atoms with E-state index in [0.717, 1.165) is 96.3 Å². The smallest absolute Gasteiger partial charge is 0.306 e. The molecule has 0 aliphatic rings. The Labute approximate surface area is 497 Å². The Hall–Kier alpha value is -3.15. The van der Waals surface area contributed by atoms with Crippen LogP contribution in [0.2, 0.25) is 0 Å². The zero-order chi connectivity index (χ0) is 57.8. The maximum atomic E-state index is 12.9. The van der Waals surface area contributed by atoms with Gasteiger partial charge in [0, 0.05) is 19.3 Å². The van der Waals surface area contributed by atoms with Crippen LogP contribution in [0.5, 0.6) is 0 Å². The number of ether oxygens (including phenoxy) is 3. The van der Waals surface area contributed by atoms with E-state index >= 15 is 0 Å². The molecular formula is C74H132O6. The minimum absolute atomic E-state index is 0.0741. The fourth-order valence-electron chi connectivity index (χ4n) is 10.2. The highest BCUT2D eigenvalue weighted by Gasteiger charge is 2.19. The zero-order valence-electron chi connectivity index (χ0n) is 53.3. The molecule has 6 heteroatoms. The van der Waals surface area contributed by atoms with Gasteiger partial charge in [-0.1, -0.05) is 312 Å². The Bertz CT molecular complexity index is 1470. The Morgan fingerprint density at radius 3 is 0.825 bits per heavy atom. The topological polar surface area (TPSA) is 78.9 Å². The first-order valence-electron chi connectivity index (χ1n) is 34.9. The summed E-state index contributed by atoms with van der Waals surface area (Å²) in [6.45, 7) is 6.50. The predicted molar refractivity (Wildman–Crippen MR) is 348 cm³/mol. The second-order valence-corrected chi connectivity index (χ2v) is 23.4. The third-order valence-corrected chi connectivity index (χ3v) is 15.4. The van der Waals surface area contributed by atoms with Gasteiger partial charge in [-0.05, 0) is 103 Å². The Morgan fingerprint density at radius 1 is 0.263 bits per heavy atom. The van der Waals surface area contributed by atoms with E-state index in [9.17, 15) is 14.4 Å². The first-order chi connectivity index (χ1) is 39.5. The number of esters is 3. The third-order valence-electron chi connectivity index (χ3n) is 15.4. The Balaban J connectivity index is 4.08. The van der Waals surface area contributed by atoms with Gasteiger partial charge in [0.1, 0.15) is 13.2 Å². The molecule has 0 heterocycles. The molecule has 80 heavy (non-hydrogen) atoms. The van der Waals surface area contributed by atoms with Gasteiger partial charge in [-0.3, -0.25) is 14.4 Å². The number of unbranched alkanes of at least 4 members (excludes halogenated alkanes) is 41. The van der Waals surface area contributed by atoms with Gasteiger partial charge < -0.3 is 14.2 Å². The molecule has 464 valence electrons. The van der Waals surface area contributed by atoms with E-state index in [2.05, 4.69) is 93.7 Å². The molecule has 0 amide bonds. The zero-order valence-corrected chi connectivity index (χ0v) is 53.3. The summed E-state index contributed by atoms with van der Waals surface area (Å²) < 4.78 is 16.9. The van der Waals surface area contributed by atoms with Crippen LogP contribution in [0.25, 0.3) is 0 Å². The average molecular weight is 1120 g/mol.